The van der Waals surface area contributed by atoms with E-state index in [2.05, 4.69) is 53.7 Å². The molecular formula is C26H34O4. The average molecular weight is 411 g/mol. The molecule has 162 valence electrons. The number of carbonyl (C=O) groups excluding carboxylic acids is 1. The summed E-state index contributed by atoms with van der Waals surface area (Å²) in [6.45, 7) is 15.1. The van der Waals surface area contributed by atoms with Gasteiger partial charge in [0, 0.05) is 22.8 Å². The quantitative estimate of drug-likeness (QED) is 0.468. The van der Waals surface area contributed by atoms with E-state index in [1.165, 1.54) is 6.08 Å². The van der Waals surface area contributed by atoms with Crippen LogP contribution in [0.5, 0.6) is 11.5 Å². The maximum Gasteiger partial charge on any atom is 0.330 e. The first-order valence-electron chi connectivity index (χ1n) is 10.3. The molecule has 0 saturated carbocycles. The molecule has 0 aliphatic carbocycles. The van der Waals surface area contributed by atoms with E-state index in [9.17, 15) is 9.90 Å². The van der Waals surface area contributed by atoms with Gasteiger partial charge in [-0.1, -0.05) is 53.7 Å². The normalized spacial score (nSPS) is 12.3. The first-order valence-corrected chi connectivity index (χ1v) is 10.3. The summed E-state index contributed by atoms with van der Waals surface area (Å²) >= 11 is 0. The van der Waals surface area contributed by atoms with Crippen molar-refractivity contribution >= 4 is 12.0 Å². The third-order valence-corrected chi connectivity index (χ3v) is 4.98. The Labute approximate surface area is 180 Å². The molecule has 1 N–H and O–H groups in total. The van der Waals surface area contributed by atoms with Crippen molar-refractivity contribution in [2.24, 2.45) is 0 Å². The Bertz CT molecular complexity index is 941. The minimum atomic E-state index is -0.394. The molecule has 0 aromatic heterocycles. The largest absolute Gasteiger partial charge is 0.507 e. The summed E-state index contributed by atoms with van der Waals surface area (Å²) in [5.74, 6) is 0.513. The Balaban J connectivity index is 2.73. The first-order chi connectivity index (χ1) is 13.9. The van der Waals surface area contributed by atoms with Gasteiger partial charge in [-0.05, 0) is 53.2 Å². The Hall–Kier alpha value is -2.75. The molecular weight excluding hydrogens is 376 g/mol. The van der Waals surface area contributed by atoms with Crippen molar-refractivity contribution < 1.29 is 19.4 Å². The van der Waals surface area contributed by atoms with Crippen molar-refractivity contribution in [2.75, 3.05) is 13.7 Å². The van der Waals surface area contributed by atoms with Crippen LogP contribution in [0.3, 0.4) is 0 Å². The Morgan fingerprint density at radius 2 is 1.67 bits per heavy atom. The molecule has 0 fully saturated rings. The molecule has 4 nitrogen and oxygen atoms in total. The standard InChI is InChI=1S/C26H34O4/c1-9-30-23(28)13-11-17-10-12-22(27)19(14-17)20-15-18(25(2,3)4)16-21(24(20)29-8)26(5,6)7/h10-16,27H,9H2,1-8H3/b13-11+. The lowest BCUT2D eigenvalue weighted by molar-refractivity contribution is -0.137. The van der Waals surface area contributed by atoms with E-state index in [1.54, 1.807) is 32.2 Å². The van der Waals surface area contributed by atoms with E-state index in [0.29, 0.717) is 12.2 Å². The number of hydrogen-bond acceptors (Lipinski definition) is 4. The summed E-state index contributed by atoms with van der Waals surface area (Å²) in [4.78, 5) is 11.7. The van der Waals surface area contributed by atoms with Crippen molar-refractivity contribution in [3.63, 3.8) is 0 Å². The summed E-state index contributed by atoms with van der Waals surface area (Å²) in [6.07, 6.45) is 3.08. The number of carbonyl (C=O) groups is 1. The van der Waals surface area contributed by atoms with Gasteiger partial charge in [0.05, 0.1) is 13.7 Å². The van der Waals surface area contributed by atoms with Crippen LogP contribution >= 0.6 is 0 Å². The fourth-order valence-electron chi connectivity index (χ4n) is 3.27. The van der Waals surface area contributed by atoms with Crippen LogP contribution in [-0.4, -0.2) is 24.8 Å². The van der Waals surface area contributed by atoms with Crippen LogP contribution in [0, 0.1) is 0 Å². The van der Waals surface area contributed by atoms with Gasteiger partial charge >= 0.3 is 5.97 Å². The molecule has 0 amide bonds. The zero-order valence-corrected chi connectivity index (χ0v) is 19.4. The molecule has 30 heavy (non-hydrogen) atoms. The highest BCUT2D eigenvalue weighted by Crippen LogP contribution is 2.45. The molecule has 0 atom stereocenters. The number of methoxy groups -OCH3 is 1. The zero-order chi connectivity index (χ0) is 22.7. The molecule has 0 aliphatic heterocycles. The molecule has 0 radical (unpaired) electrons. The molecule has 0 heterocycles. The lowest BCUT2D eigenvalue weighted by Gasteiger charge is -2.29. The lowest BCUT2D eigenvalue weighted by Crippen LogP contribution is -2.18. The Morgan fingerprint density at radius 1 is 1.00 bits per heavy atom. The molecule has 4 heteroatoms. The van der Waals surface area contributed by atoms with Gasteiger partial charge in [-0.15, -0.1) is 0 Å². The number of phenols is 1. The van der Waals surface area contributed by atoms with E-state index < -0.39 is 5.97 Å². The highest BCUT2D eigenvalue weighted by atomic mass is 16.5. The number of ether oxygens (including phenoxy) is 2. The van der Waals surface area contributed by atoms with Gasteiger partial charge in [0.1, 0.15) is 11.5 Å². The predicted octanol–water partition coefficient (Wildman–Crippen LogP) is 6.24. The van der Waals surface area contributed by atoms with Gasteiger partial charge in [0.15, 0.2) is 0 Å². The van der Waals surface area contributed by atoms with E-state index in [1.807, 2.05) is 6.07 Å². The monoisotopic (exact) mass is 410 g/mol. The summed E-state index contributed by atoms with van der Waals surface area (Å²) < 4.78 is 10.8. The van der Waals surface area contributed by atoms with Crippen LogP contribution in [-0.2, 0) is 20.4 Å². The number of benzene rings is 2. The van der Waals surface area contributed by atoms with E-state index in [-0.39, 0.29) is 16.6 Å². The molecule has 0 unspecified atom stereocenters. The molecule has 2 rings (SSSR count). The van der Waals surface area contributed by atoms with Crippen molar-refractivity contribution in [3.05, 3.63) is 53.1 Å². The van der Waals surface area contributed by atoms with Gasteiger partial charge in [0.25, 0.3) is 0 Å². The van der Waals surface area contributed by atoms with Crippen molar-refractivity contribution in [3.8, 4) is 22.6 Å². The van der Waals surface area contributed by atoms with Gasteiger partial charge in [-0.2, -0.15) is 0 Å². The van der Waals surface area contributed by atoms with Crippen LogP contribution in [0.25, 0.3) is 17.2 Å². The highest BCUT2D eigenvalue weighted by Gasteiger charge is 2.27. The van der Waals surface area contributed by atoms with Gasteiger partial charge in [-0.3, -0.25) is 0 Å². The molecule has 0 saturated heterocycles. The van der Waals surface area contributed by atoms with Gasteiger partial charge in [-0.25, -0.2) is 4.79 Å². The maximum atomic E-state index is 11.7. The minimum Gasteiger partial charge on any atom is -0.507 e. The van der Waals surface area contributed by atoms with Gasteiger partial charge in [0.2, 0.25) is 0 Å². The lowest BCUT2D eigenvalue weighted by atomic mass is 9.78. The molecule has 0 spiro atoms. The van der Waals surface area contributed by atoms with E-state index in [4.69, 9.17) is 9.47 Å². The number of phenolic OH excluding ortho intramolecular Hbond substituents is 1. The summed E-state index contributed by atoms with van der Waals surface area (Å²) in [5.41, 5.74) is 4.31. The van der Waals surface area contributed by atoms with Crippen molar-refractivity contribution in [2.45, 2.75) is 59.3 Å². The predicted molar refractivity (Wildman–Crippen MR) is 123 cm³/mol. The second-order valence-electron chi connectivity index (χ2n) is 9.47. The average Bonchev–Trinajstić information content (AvgIpc) is 2.65. The number of hydrogen-bond donors (Lipinski definition) is 1. The second kappa shape index (κ2) is 8.95. The topological polar surface area (TPSA) is 55.8 Å². The summed E-state index contributed by atoms with van der Waals surface area (Å²) in [5, 5.41) is 10.7. The third-order valence-electron chi connectivity index (χ3n) is 4.98. The third kappa shape index (κ3) is 5.44. The highest BCUT2D eigenvalue weighted by molar-refractivity contribution is 5.88. The van der Waals surface area contributed by atoms with Crippen LogP contribution in [0.4, 0.5) is 0 Å². The number of rotatable bonds is 5. The number of aromatic hydroxyl groups is 1. The Kier molecular flexibility index (Phi) is 7.02. The van der Waals surface area contributed by atoms with Crippen molar-refractivity contribution in [1.29, 1.82) is 0 Å². The van der Waals surface area contributed by atoms with Crippen LogP contribution in [0.15, 0.2) is 36.4 Å². The van der Waals surface area contributed by atoms with E-state index >= 15 is 0 Å². The van der Waals surface area contributed by atoms with E-state index in [0.717, 1.165) is 28.0 Å². The second-order valence-corrected chi connectivity index (χ2v) is 9.47. The molecule has 2 aromatic carbocycles. The summed E-state index contributed by atoms with van der Waals surface area (Å²) in [6, 6.07) is 9.55. The van der Waals surface area contributed by atoms with Crippen LogP contribution < -0.4 is 4.74 Å². The first kappa shape index (κ1) is 23.5. The van der Waals surface area contributed by atoms with Gasteiger partial charge < -0.3 is 14.6 Å². The summed E-state index contributed by atoms with van der Waals surface area (Å²) in [7, 11) is 1.66. The number of esters is 1. The maximum absolute atomic E-state index is 11.7. The molecule has 0 bridgehead atoms. The van der Waals surface area contributed by atoms with Crippen molar-refractivity contribution in [1.82, 2.24) is 0 Å². The zero-order valence-electron chi connectivity index (χ0n) is 19.4. The molecule has 2 aromatic rings. The Morgan fingerprint density at radius 3 is 2.20 bits per heavy atom. The van der Waals surface area contributed by atoms with Crippen LogP contribution in [0.2, 0.25) is 0 Å². The fourth-order valence-corrected chi connectivity index (χ4v) is 3.27. The SMILES string of the molecule is CCOC(=O)/C=C/c1ccc(O)c(-c2cc(C(C)(C)C)cc(C(C)(C)C)c2OC)c1. The smallest absolute Gasteiger partial charge is 0.330 e. The molecule has 0 aliphatic rings. The van der Waals surface area contributed by atoms with Crippen LogP contribution in [0.1, 0.15) is 65.2 Å². The fraction of sp³-hybridized carbons (Fsp3) is 0.423. The minimum absolute atomic E-state index is 0.0714.